The minimum absolute atomic E-state index is 0.445. The molecule has 1 aliphatic heterocycles. The molecule has 0 aliphatic carbocycles. The monoisotopic (exact) mass is 253 g/mol. The summed E-state index contributed by atoms with van der Waals surface area (Å²) in [4.78, 5) is 0. The van der Waals surface area contributed by atoms with E-state index in [2.05, 4.69) is 53.8 Å². The fourth-order valence-corrected chi connectivity index (χ4v) is 2.76. The summed E-state index contributed by atoms with van der Waals surface area (Å²) in [6.45, 7) is 4.71. The Bertz CT molecular complexity index is 547. The Morgan fingerprint density at radius 1 is 1.11 bits per heavy atom. The van der Waals surface area contributed by atoms with Gasteiger partial charge in [-0.2, -0.15) is 0 Å². The summed E-state index contributed by atoms with van der Waals surface area (Å²) in [5, 5.41) is 3.50. The fraction of sp³-hybridized carbons (Fsp3) is 0.294. The van der Waals surface area contributed by atoms with Crippen molar-refractivity contribution in [1.29, 1.82) is 0 Å². The van der Waals surface area contributed by atoms with Crippen LogP contribution in [0.5, 0.6) is 5.75 Å². The van der Waals surface area contributed by atoms with E-state index in [1.165, 1.54) is 16.7 Å². The highest BCUT2D eigenvalue weighted by Crippen LogP contribution is 2.30. The van der Waals surface area contributed by atoms with Gasteiger partial charge in [0.15, 0.2) is 0 Å². The van der Waals surface area contributed by atoms with E-state index in [-0.39, 0.29) is 0 Å². The molecule has 1 aliphatic rings. The molecule has 19 heavy (non-hydrogen) atoms. The van der Waals surface area contributed by atoms with E-state index < -0.39 is 0 Å². The molecule has 0 spiro atoms. The molecule has 2 aromatic carbocycles. The maximum Gasteiger partial charge on any atom is 0.119 e. The van der Waals surface area contributed by atoms with Crippen LogP contribution in [-0.4, -0.2) is 13.2 Å². The van der Waals surface area contributed by atoms with Crippen molar-refractivity contribution in [3.05, 3.63) is 65.2 Å². The van der Waals surface area contributed by atoms with Gasteiger partial charge in [-0.1, -0.05) is 36.4 Å². The first kappa shape index (κ1) is 12.2. The lowest BCUT2D eigenvalue weighted by molar-refractivity contribution is 0.340. The van der Waals surface area contributed by atoms with E-state index in [4.69, 9.17) is 4.74 Å². The third kappa shape index (κ3) is 2.49. The number of nitrogens with one attached hydrogen (secondary N) is 1. The topological polar surface area (TPSA) is 21.3 Å². The smallest absolute Gasteiger partial charge is 0.119 e. The van der Waals surface area contributed by atoms with E-state index in [0.717, 1.165) is 18.8 Å². The van der Waals surface area contributed by atoms with Crippen LogP contribution in [0.1, 0.15) is 29.5 Å². The van der Waals surface area contributed by atoms with Crippen LogP contribution in [0.4, 0.5) is 0 Å². The summed E-state index contributed by atoms with van der Waals surface area (Å²) in [5.74, 6) is 1.39. The molecule has 1 unspecified atom stereocenters. The van der Waals surface area contributed by atoms with Gasteiger partial charge < -0.3 is 10.1 Å². The normalized spacial score (nSPS) is 17.8. The molecule has 0 fully saturated rings. The number of ether oxygens (including phenoxy) is 1. The van der Waals surface area contributed by atoms with Gasteiger partial charge in [0.25, 0.3) is 0 Å². The van der Waals surface area contributed by atoms with Crippen molar-refractivity contribution in [2.75, 3.05) is 13.2 Å². The molecular formula is C17H19NO. The van der Waals surface area contributed by atoms with Crippen molar-refractivity contribution < 1.29 is 4.74 Å². The first-order valence-corrected chi connectivity index (χ1v) is 6.89. The molecule has 98 valence electrons. The summed E-state index contributed by atoms with van der Waals surface area (Å²) in [7, 11) is 0. The van der Waals surface area contributed by atoms with Gasteiger partial charge in [0.2, 0.25) is 0 Å². The van der Waals surface area contributed by atoms with E-state index in [1.54, 1.807) is 0 Å². The Labute approximate surface area is 114 Å². The van der Waals surface area contributed by atoms with Crippen molar-refractivity contribution in [3.8, 4) is 5.75 Å². The van der Waals surface area contributed by atoms with Gasteiger partial charge in [-0.3, -0.25) is 0 Å². The molecular weight excluding hydrogens is 234 g/mol. The standard InChI is InChI=1S/C17H19NO/c1-2-19-15-9-7-13(8-10-15)17-12-18-11-14-5-3-4-6-16(14)17/h3-10,17-18H,2,11-12H2,1H3. The fourth-order valence-electron chi connectivity index (χ4n) is 2.76. The molecule has 1 atom stereocenters. The van der Waals surface area contributed by atoms with Crippen molar-refractivity contribution in [3.63, 3.8) is 0 Å². The lowest BCUT2D eigenvalue weighted by Gasteiger charge is -2.26. The lowest BCUT2D eigenvalue weighted by Crippen LogP contribution is -2.28. The third-order valence-electron chi connectivity index (χ3n) is 3.69. The van der Waals surface area contributed by atoms with Crippen molar-refractivity contribution in [2.45, 2.75) is 19.4 Å². The quantitative estimate of drug-likeness (QED) is 0.906. The molecule has 1 heterocycles. The minimum atomic E-state index is 0.445. The van der Waals surface area contributed by atoms with Crippen LogP contribution in [0.3, 0.4) is 0 Å². The molecule has 0 radical (unpaired) electrons. The van der Waals surface area contributed by atoms with Crippen LogP contribution in [0, 0.1) is 0 Å². The number of benzene rings is 2. The van der Waals surface area contributed by atoms with E-state index in [0.29, 0.717) is 12.5 Å². The highest BCUT2D eigenvalue weighted by atomic mass is 16.5. The van der Waals surface area contributed by atoms with Crippen molar-refractivity contribution in [2.24, 2.45) is 0 Å². The zero-order valence-corrected chi connectivity index (χ0v) is 11.2. The molecule has 2 aromatic rings. The zero-order valence-electron chi connectivity index (χ0n) is 11.2. The molecule has 0 amide bonds. The number of rotatable bonds is 3. The van der Waals surface area contributed by atoms with Crippen LogP contribution < -0.4 is 10.1 Å². The number of fused-ring (bicyclic) bond motifs is 1. The Morgan fingerprint density at radius 2 is 1.89 bits per heavy atom. The summed E-state index contributed by atoms with van der Waals surface area (Å²) in [6, 6.07) is 17.2. The number of hydrogen-bond donors (Lipinski definition) is 1. The maximum atomic E-state index is 5.50. The highest BCUT2D eigenvalue weighted by molar-refractivity contribution is 5.41. The predicted molar refractivity (Wildman–Crippen MR) is 77.6 cm³/mol. The third-order valence-corrected chi connectivity index (χ3v) is 3.69. The van der Waals surface area contributed by atoms with Gasteiger partial charge in [-0.25, -0.2) is 0 Å². The SMILES string of the molecule is CCOc1ccc(C2CNCc3ccccc32)cc1. The molecule has 0 saturated carbocycles. The van der Waals surface area contributed by atoms with Gasteiger partial charge in [0.1, 0.15) is 5.75 Å². The summed E-state index contributed by atoms with van der Waals surface area (Å²) in [6.07, 6.45) is 0. The van der Waals surface area contributed by atoms with Gasteiger partial charge in [-0.15, -0.1) is 0 Å². The molecule has 0 saturated heterocycles. The van der Waals surface area contributed by atoms with Gasteiger partial charge in [-0.05, 0) is 35.7 Å². The molecule has 3 rings (SSSR count). The molecule has 0 aromatic heterocycles. The van der Waals surface area contributed by atoms with Gasteiger partial charge >= 0.3 is 0 Å². The molecule has 0 bridgehead atoms. The first-order valence-electron chi connectivity index (χ1n) is 6.89. The lowest BCUT2D eigenvalue weighted by atomic mass is 9.85. The maximum absolute atomic E-state index is 5.50. The van der Waals surface area contributed by atoms with Crippen LogP contribution in [-0.2, 0) is 6.54 Å². The number of hydrogen-bond acceptors (Lipinski definition) is 2. The Balaban J connectivity index is 1.90. The Kier molecular flexibility index (Phi) is 3.51. The first-order chi connectivity index (χ1) is 9.38. The van der Waals surface area contributed by atoms with E-state index in [9.17, 15) is 0 Å². The molecule has 1 N–H and O–H groups in total. The Morgan fingerprint density at radius 3 is 2.68 bits per heavy atom. The average Bonchev–Trinajstić information content (AvgIpc) is 2.48. The average molecular weight is 253 g/mol. The van der Waals surface area contributed by atoms with E-state index in [1.807, 2.05) is 6.92 Å². The largest absolute Gasteiger partial charge is 0.494 e. The molecule has 2 nitrogen and oxygen atoms in total. The summed E-state index contributed by atoms with van der Waals surface area (Å²) < 4.78 is 5.50. The minimum Gasteiger partial charge on any atom is -0.494 e. The molecule has 2 heteroatoms. The summed E-state index contributed by atoms with van der Waals surface area (Å²) >= 11 is 0. The van der Waals surface area contributed by atoms with Gasteiger partial charge in [0.05, 0.1) is 6.61 Å². The van der Waals surface area contributed by atoms with E-state index >= 15 is 0 Å². The second-order valence-electron chi connectivity index (χ2n) is 4.88. The summed E-state index contributed by atoms with van der Waals surface area (Å²) in [5.41, 5.74) is 4.21. The van der Waals surface area contributed by atoms with Crippen LogP contribution in [0.25, 0.3) is 0 Å². The van der Waals surface area contributed by atoms with Crippen molar-refractivity contribution >= 4 is 0 Å². The van der Waals surface area contributed by atoms with Crippen LogP contribution in [0.2, 0.25) is 0 Å². The van der Waals surface area contributed by atoms with Crippen LogP contribution in [0.15, 0.2) is 48.5 Å². The van der Waals surface area contributed by atoms with Crippen molar-refractivity contribution in [1.82, 2.24) is 5.32 Å². The van der Waals surface area contributed by atoms with Gasteiger partial charge in [0, 0.05) is 19.0 Å². The zero-order chi connectivity index (χ0) is 13.1. The Hall–Kier alpha value is -1.80. The highest BCUT2D eigenvalue weighted by Gasteiger charge is 2.20. The second-order valence-corrected chi connectivity index (χ2v) is 4.88. The predicted octanol–water partition coefficient (Wildman–Crippen LogP) is 3.32. The second kappa shape index (κ2) is 5.45. The van der Waals surface area contributed by atoms with Crippen LogP contribution >= 0.6 is 0 Å².